The molecule has 5 heteroatoms. The molecule has 0 saturated carbocycles. The molecule has 0 aromatic carbocycles. The number of aromatic nitrogens is 1. The average molecular weight is 333 g/mol. The summed E-state index contributed by atoms with van der Waals surface area (Å²) in [6.45, 7) is 7.04. The number of rotatable bonds is 7. The molecule has 3 rings (SSSR count). The average Bonchev–Trinajstić information content (AvgIpc) is 2.64. The SMILES string of the molecule is COC1(CNCC2CCCN(Cc3cccnc3)C2)CCOCC1. The standard InChI is InChI=1S/C19H31N3O2/c1-23-19(6-10-24-11-7-19)16-21-13-18-5-3-9-22(15-18)14-17-4-2-8-20-12-17/h2,4,8,12,18,21H,3,5-7,9-11,13-16H2,1H3. The number of pyridine rings is 1. The Balaban J connectivity index is 1.42. The molecule has 1 aromatic heterocycles. The van der Waals surface area contributed by atoms with Crippen molar-refractivity contribution >= 4 is 0 Å². The molecule has 0 radical (unpaired) electrons. The first-order chi connectivity index (χ1) is 11.8. The van der Waals surface area contributed by atoms with Crippen molar-refractivity contribution in [3.8, 4) is 0 Å². The molecule has 2 saturated heterocycles. The van der Waals surface area contributed by atoms with E-state index in [4.69, 9.17) is 9.47 Å². The zero-order valence-electron chi connectivity index (χ0n) is 14.9. The molecule has 0 bridgehead atoms. The lowest BCUT2D eigenvalue weighted by Gasteiger charge is -2.37. The number of likely N-dealkylation sites (tertiary alicyclic amines) is 1. The van der Waals surface area contributed by atoms with Crippen LogP contribution in [0.5, 0.6) is 0 Å². The Morgan fingerprint density at radius 1 is 1.42 bits per heavy atom. The van der Waals surface area contributed by atoms with E-state index in [1.165, 1.54) is 31.5 Å². The minimum atomic E-state index is -0.0255. The maximum Gasteiger partial charge on any atom is 0.0846 e. The quantitative estimate of drug-likeness (QED) is 0.828. The van der Waals surface area contributed by atoms with Crippen LogP contribution >= 0.6 is 0 Å². The fourth-order valence-electron chi connectivity index (χ4n) is 3.91. The van der Waals surface area contributed by atoms with Crippen LogP contribution in [0.25, 0.3) is 0 Å². The number of hydrogen-bond donors (Lipinski definition) is 1. The monoisotopic (exact) mass is 333 g/mol. The smallest absolute Gasteiger partial charge is 0.0846 e. The van der Waals surface area contributed by atoms with Crippen molar-refractivity contribution in [3.05, 3.63) is 30.1 Å². The zero-order chi connectivity index (χ0) is 16.7. The van der Waals surface area contributed by atoms with E-state index in [1.807, 2.05) is 25.6 Å². The first-order valence-corrected chi connectivity index (χ1v) is 9.24. The maximum atomic E-state index is 5.81. The molecule has 1 unspecified atom stereocenters. The summed E-state index contributed by atoms with van der Waals surface area (Å²) in [4.78, 5) is 6.79. The summed E-state index contributed by atoms with van der Waals surface area (Å²) >= 11 is 0. The van der Waals surface area contributed by atoms with Gasteiger partial charge in [-0.15, -0.1) is 0 Å². The van der Waals surface area contributed by atoms with E-state index >= 15 is 0 Å². The highest BCUT2D eigenvalue weighted by molar-refractivity contribution is 5.08. The predicted octanol–water partition coefficient (Wildman–Crippen LogP) is 2.08. The molecular formula is C19H31N3O2. The first kappa shape index (κ1) is 17.8. The maximum absolute atomic E-state index is 5.81. The van der Waals surface area contributed by atoms with E-state index in [2.05, 4.69) is 21.3 Å². The number of nitrogens with zero attached hydrogens (tertiary/aromatic N) is 2. The van der Waals surface area contributed by atoms with Crippen molar-refractivity contribution in [2.75, 3.05) is 46.5 Å². The Kier molecular flexibility index (Phi) is 6.60. The van der Waals surface area contributed by atoms with Crippen molar-refractivity contribution in [1.82, 2.24) is 15.2 Å². The Hall–Kier alpha value is -1.01. The predicted molar refractivity (Wildman–Crippen MR) is 94.9 cm³/mol. The van der Waals surface area contributed by atoms with E-state index in [1.54, 1.807) is 0 Å². The minimum absolute atomic E-state index is 0.0255. The van der Waals surface area contributed by atoms with Crippen molar-refractivity contribution in [1.29, 1.82) is 0 Å². The number of ether oxygens (including phenoxy) is 2. The van der Waals surface area contributed by atoms with Crippen molar-refractivity contribution in [3.63, 3.8) is 0 Å². The second kappa shape index (κ2) is 8.90. The Morgan fingerprint density at radius 3 is 3.04 bits per heavy atom. The summed E-state index contributed by atoms with van der Waals surface area (Å²) in [5.41, 5.74) is 1.29. The van der Waals surface area contributed by atoms with Gasteiger partial charge in [0.05, 0.1) is 5.60 Å². The third-order valence-corrected chi connectivity index (χ3v) is 5.45. The third-order valence-electron chi connectivity index (χ3n) is 5.45. The molecule has 3 heterocycles. The zero-order valence-corrected chi connectivity index (χ0v) is 14.9. The van der Waals surface area contributed by atoms with Crippen LogP contribution in [0.1, 0.15) is 31.2 Å². The highest BCUT2D eigenvalue weighted by Gasteiger charge is 2.32. The Morgan fingerprint density at radius 2 is 2.29 bits per heavy atom. The van der Waals surface area contributed by atoms with Crippen molar-refractivity contribution in [2.24, 2.45) is 5.92 Å². The minimum Gasteiger partial charge on any atom is -0.381 e. The third kappa shape index (κ3) is 4.99. The molecular weight excluding hydrogens is 302 g/mol. The number of piperidine rings is 1. The van der Waals surface area contributed by atoms with Gasteiger partial charge < -0.3 is 14.8 Å². The van der Waals surface area contributed by atoms with Crippen LogP contribution in [0.3, 0.4) is 0 Å². The van der Waals surface area contributed by atoms with Crippen LogP contribution in [0.4, 0.5) is 0 Å². The topological polar surface area (TPSA) is 46.6 Å². The van der Waals surface area contributed by atoms with E-state index in [-0.39, 0.29) is 5.60 Å². The van der Waals surface area contributed by atoms with Crippen LogP contribution in [0, 0.1) is 5.92 Å². The van der Waals surface area contributed by atoms with E-state index in [0.717, 1.165) is 51.6 Å². The van der Waals surface area contributed by atoms with Crippen LogP contribution in [0.15, 0.2) is 24.5 Å². The fourth-order valence-corrected chi connectivity index (χ4v) is 3.91. The first-order valence-electron chi connectivity index (χ1n) is 9.24. The lowest BCUT2D eigenvalue weighted by atomic mass is 9.93. The van der Waals surface area contributed by atoms with Gasteiger partial charge in [0.2, 0.25) is 0 Å². The van der Waals surface area contributed by atoms with Gasteiger partial charge in [-0.2, -0.15) is 0 Å². The van der Waals surface area contributed by atoms with Gasteiger partial charge in [-0.25, -0.2) is 0 Å². The molecule has 1 atom stereocenters. The highest BCUT2D eigenvalue weighted by atomic mass is 16.5. The normalized spacial score (nSPS) is 24.8. The second-order valence-electron chi connectivity index (χ2n) is 7.24. The van der Waals surface area contributed by atoms with Gasteiger partial charge in [-0.1, -0.05) is 6.07 Å². The molecule has 1 N–H and O–H groups in total. The van der Waals surface area contributed by atoms with Crippen molar-refractivity contribution < 1.29 is 9.47 Å². The van der Waals surface area contributed by atoms with Gasteiger partial charge in [0.1, 0.15) is 0 Å². The summed E-state index contributed by atoms with van der Waals surface area (Å²) in [5.74, 6) is 0.726. The van der Waals surface area contributed by atoms with Crippen LogP contribution in [0.2, 0.25) is 0 Å². The fraction of sp³-hybridized carbons (Fsp3) is 0.737. The van der Waals surface area contributed by atoms with Crippen molar-refractivity contribution in [2.45, 2.75) is 37.8 Å². The van der Waals surface area contributed by atoms with E-state index < -0.39 is 0 Å². The summed E-state index contributed by atoms with van der Waals surface area (Å²) in [7, 11) is 1.84. The highest BCUT2D eigenvalue weighted by Crippen LogP contribution is 2.24. The second-order valence-corrected chi connectivity index (χ2v) is 7.24. The van der Waals surface area contributed by atoms with Gasteiger partial charge in [0.15, 0.2) is 0 Å². The van der Waals surface area contributed by atoms with Gasteiger partial charge in [0, 0.05) is 65.2 Å². The number of methoxy groups -OCH3 is 1. The number of nitrogens with one attached hydrogen (secondary N) is 1. The largest absolute Gasteiger partial charge is 0.381 e. The molecule has 2 aliphatic heterocycles. The van der Waals surface area contributed by atoms with E-state index in [0.29, 0.717) is 0 Å². The van der Waals surface area contributed by atoms with Crippen LogP contribution < -0.4 is 5.32 Å². The molecule has 5 nitrogen and oxygen atoms in total. The van der Waals surface area contributed by atoms with Crippen LogP contribution in [-0.4, -0.2) is 62.0 Å². The Labute approximate surface area is 145 Å². The molecule has 0 amide bonds. The lowest BCUT2D eigenvalue weighted by Crippen LogP contribution is -2.48. The van der Waals surface area contributed by atoms with Gasteiger partial charge in [-0.3, -0.25) is 9.88 Å². The van der Waals surface area contributed by atoms with Gasteiger partial charge in [-0.05, 0) is 43.5 Å². The number of hydrogen-bond acceptors (Lipinski definition) is 5. The summed E-state index contributed by atoms with van der Waals surface area (Å²) in [6, 6.07) is 4.19. The summed E-state index contributed by atoms with van der Waals surface area (Å²) in [5, 5.41) is 3.68. The molecule has 2 fully saturated rings. The van der Waals surface area contributed by atoms with Gasteiger partial charge >= 0.3 is 0 Å². The van der Waals surface area contributed by atoms with Crippen LogP contribution in [-0.2, 0) is 16.0 Å². The Bertz CT molecular complexity index is 477. The summed E-state index contributed by atoms with van der Waals surface area (Å²) < 4.78 is 11.3. The van der Waals surface area contributed by atoms with Gasteiger partial charge in [0.25, 0.3) is 0 Å². The molecule has 2 aliphatic rings. The lowest BCUT2D eigenvalue weighted by molar-refractivity contribution is -0.0879. The molecule has 24 heavy (non-hydrogen) atoms. The summed E-state index contributed by atoms with van der Waals surface area (Å²) in [6.07, 6.45) is 8.42. The molecule has 0 spiro atoms. The van der Waals surface area contributed by atoms with E-state index in [9.17, 15) is 0 Å². The molecule has 1 aromatic rings. The molecule has 0 aliphatic carbocycles. The molecule has 134 valence electrons.